The second kappa shape index (κ2) is 9.24. The lowest BCUT2D eigenvalue weighted by atomic mass is 9.91. The summed E-state index contributed by atoms with van der Waals surface area (Å²) in [6, 6.07) is 16.2. The standard InChI is InChI=1S/C19H17N5O2.CH4O3S/c20-17(21)15-9-11(24-19(22)23)8-14(16(15)18(25)26)13-7-3-5-10-4-1-2-6-12(10)13;1-5(2,3)4/h1-9H,(H3,20,21)(H,25,26)(H4,22,23,24);1H3,(H,2,3,4). The summed E-state index contributed by atoms with van der Waals surface area (Å²) in [6.07, 6.45) is 0.715. The topological polar surface area (TPSA) is 206 Å². The van der Waals surface area contributed by atoms with E-state index in [4.69, 9.17) is 27.2 Å². The predicted molar refractivity (Wildman–Crippen MR) is 120 cm³/mol. The van der Waals surface area contributed by atoms with Crippen LogP contribution in [0.25, 0.3) is 21.9 Å². The van der Waals surface area contributed by atoms with E-state index in [1.807, 2.05) is 42.5 Å². The number of aromatic carboxylic acids is 1. The second-order valence-electron chi connectivity index (χ2n) is 6.43. The molecule has 9 N–H and O–H groups in total. The molecule has 0 saturated heterocycles. The molecule has 0 bridgehead atoms. The summed E-state index contributed by atoms with van der Waals surface area (Å²) in [5, 5.41) is 19.4. The van der Waals surface area contributed by atoms with Gasteiger partial charge >= 0.3 is 5.97 Å². The third kappa shape index (κ3) is 6.26. The molecule has 3 rings (SSSR count). The lowest BCUT2D eigenvalue weighted by Crippen LogP contribution is -2.22. The molecule has 0 aromatic heterocycles. The van der Waals surface area contributed by atoms with Crippen LogP contribution in [0.1, 0.15) is 15.9 Å². The van der Waals surface area contributed by atoms with Crippen LogP contribution in [0.2, 0.25) is 0 Å². The van der Waals surface area contributed by atoms with Crippen LogP contribution < -0.4 is 17.2 Å². The number of hydrogen-bond acceptors (Lipinski definition) is 5. The Morgan fingerprint density at radius 1 is 1.00 bits per heavy atom. The quantitative estimate of drug-likeness (QED) is 0.199. The molecule has 0 aliphatic rings. The number of rotatable bonds is 4. The van der Waals surface area contributed by atoms with Crippen LogP contribution in [0.4, 0.5) is 5.69 Å². The van der Waals surface area contributed by atoms with Gasteiger partial charge in [-0.15, -0.1) is 0 Å². The lowest BCUT2D eigenvalue weighted by molar-refractivity contribution is 0.0697. The molecule has 0 aliphatic heterocycles. The Balaban J connectivity index is 0.000000614. The summed E-state index contributed by atoms with van der Waals surface area (Å²) >= 11 is 0. The van der Waals surface area contributed by atoms with Crippen LogP contribution in [-0.4, -0.2) is 42.1 Å². The highest BCUT2D eigenvalue weighted by atomic mass is 32.2. The molecule has 0 spiro atoms. The summed E-state index contributed by atoms with van der Waals surface area (Å²) in [5.41, 5.74) is 17.9. The Bertz CT molecular complexity index is 1290. The number of nitrogen functional groups attached to an aromatic ring is 1. The molecule has 0 aliphatic carbocycles. The van der Waals surface area contributed by atoms with E-state index in [1.165, 1.54) is 6.07 Å². The van der Waals surface area contributed by atoms with Crippen LogP contribution in [0.15, 0.2) is 59.6 Å². The maximum atomic E-state index is 12.0. The Hall–Kier alpha value is -3.96. The van der Waals surface area contributed by atoms with Gasteiger partial charge in [-0.05, 0) is 34.0 Å². The molecule has 0 fully saturated rings. The molecule has 0 radical (unpaired) electrons. The van der Waals surface area contributed by atoms with Gasteiger partial charge in [0.25, 0.3) is 10.1 Å². The van der Waals surface area contributed by atoms with E-state index in [0.29, 0.717) is 23.1 Å². The Morgan fingerprint density at radius 2 is 1.58 bits per heavy atom. The smallest absolute Gasteiger partial charge is 0.337 e. The number of nitrogens with one attached hydrogen (secondary N) is 1. The predicted octanol–water partition coefficient (Wildman–Crippen LogP) is 1.90. The highest BCUT2D eigenvalue weighted by molar-refractivity contribution is 7.85. The largest absolute Gasteiger partial charge is 0.478 e. The van der Waals surface area contributed by atoms with Crippen molar-refractivity contribution in [2.45, 2.75) is 0 Å². The Morgan fingerprint density at radius 3 is 2.13 bits per heavy atom. The van der Waals surface area contributed by atoms with Crippen LogP contribution in [0, 0.1) is 5.41 Å². The molecule has 11 heteroatoms. The fraction of sp³-hybridized carbons (Fsp3) is 0.0500. The first kappa shape index (κ1) is 23.3. The number of aliphatic imine (C=N–C) groups is 1. The molecule has 0 saturated carbocycles. The zero-order chi connectivity index (χ0) is 23.3. The van der Waals surface area contributed by atoms with Crippen LogP contribution in [-0.2, 0) is 10.1 Å². The minimum absolute atomic E-state index is 0.0583. The molecule has 10 nitrogen and oxygen atoms in total. The molecule has 0 atom stereocenters. The minimum atomic E-state index is -3.67. The first-order valence-electron chi connectivity index (χ1n) is 8.64. The third-order valence-corrected chi connectivity index (χ3v) is 3.97. The number of carboxylic acids is 1. The number of amidine groups is 1. The fourth-order valence-corrected chi connectivity index (χ4v) is 2.96. The number of benzene rings is 3. The molecular weight excluding hydrogens is 422 g/mol. The average molecular weight is 443 g/mol. The normalized spacial score (nSPS) is 10.6. The molecule has 3 aromatic rings. The molecule has 0 amide bonds. The maximum Gasteiger partial charge on any atom is 0.337 e. The average Bonchev–Trinajstić information content (AvgIpc) is 2.64. The first-order chi connectivity index (χ1) is 14.4. The molecule has 162 valence electrons. The fourth-order valence-electron chi connectivity index (χ4n) is 2.96. The highest BCUT2D eigenvalue weighted by Crippen LogP contribution is 2.35. The van der Waals surface area contributed by atoms with E-state index in [1.54, 1.807) is 6.07 Å². The number of carbonyl (C=O) groups is 1. The first-order valence-corrected chi connectivity index (χ1v) is 10.5. The molecular formula is C20H21N5O5S. The molecule has 31 heavy (non-hydrogen) atoms. The number of nitrogens with two attached hydrogens (primary N) is 3. The summed E-state index contributed by atoms with van der Waals surface area (Å²) in [6.45, 7) is 0. The van der Waals surface area contributed by atoms with Gasteiger partial charge in [0.2, 0.25) is 0 Å². The van der Waals surface area contributed by atoms with E-state index < -0.39 is 16.1 Å². The van der Waals surface area contributed by atoms with Crippen molar-refractivity contribution in [2.24, 2.45) is 22.2 Å². The van der Waals surface area contributed by atoms with Crippen LogP contribution >= 0.6 is 0 Å². The zero-order valence-electron chi connectivity index (χ0n) is 16.4. The summed E-state index contributed by atoms with van der Waals surface area (Å²) in [4.78, 5) is 15.9. The van der Waals surface area contributed by atoms with Gasteiger partial charge in [0.1, 0.15) is 5.84 Å². The Kier molecular flexibility index (Phi) is 6.95. The zero-order valence-corrected chi connectivity index (χ0v) is 17.2. The van der Waals surface area contributed by atoms with Gasteiger partial charge in [-0.2, -0.15) is 8.42 Å². The van der Waals surface area contributed by atoms with Gasteiger partial charge < -0.3 is 22.3 Å². The van der Waals surface area contributed by atoms with Crippen molar-refractivity contribution in [3.63, 3.8) is 0 Å². The Labute approximate surface area is 178 Å². The SMILES string of the molecule is CS(=O)(=O)O.N=C(N)c1cc(N=C(N)N)cc(-c2cccc3ccccc23)c1C(=O)O. The van der Waals surface area contributed by atoms with Crippen molar-refractivity contribution in [3.05, 3.63) is 65.7 Å². The van der Waals surface area contributed by atoms with Crippen molar-refractivity contribution in [2.75, 3.05) is 6.26 Å². The maximum absolute atomic E-state index is 12.0. The van der Waals surface area contributed by atoms with Gasteiger partial charge in [-0.1, -0.05) is 42.5 Å². The summed E-state index contributed by atoms with van der Waals surface area (Å²) in [5.74, 6) is -1.74. The molecule has 3 aromatic carbocycles. The van der Waals surface area contributed by atoms with Crippen molar-refractivity contribution in [1.82, 2.24) is 0 Å². The van der Waals surface area contributed by atoms with Crippen molar-refractivity contribution in [1.29, 1.82) is 5.41 Å². The van der Waals surface area contributed by atoms with E-state index in [0.717, 1.165) is 10.8 Å². The van der Waals surface area contributed by atoms with E-state index >= 15 is 0 Å². The van der Waals surface area contributed by atoms with Crippen molar-refractivity contribution >= 4 is 44.3 Å². The van der Waals surface area contributed by atoms with Gasteiger partial charge in [0.05, 0.1) is 17.5 Å². The van der Waals surface area contributed by atoms with Crippen LogP contribution in [0.5, 0.6) is 0 Å². The second-order valence-corrected chi connectivity index (χ2v) is 7.90. The minimum Gasteiger partial charge on any atom is -0.478 e. The number of carboxylic acid groups (broad SMARTS) is 1. The van der Waals surface area contributed by atoms with Gasteiger partial charge in [0.15, 0.2) is 5.96 Å². The number of hydrogen-bond donors (Lipinski definition) is 6. The van der Waals surface area contributed by atoms with Gasteiger partial charge in [-0.3, -0.25) is 9.96 Å². The molecule has 0 heterocycles. The highest BCUT2D eigenvalue weighted by Gasteiger charge is 2.21. The van der Waals surface area contributed by atoms with Crippen LogP contribution in [0.3, 0.4) is 0 Å². The monoisotopic (exact) mass is 443 g/mol. The molecule has 0 unspecified atom stereocenters. The summed E-state index contributed by atoms with van der Waals surface area (Å²) in [7, 11) is -3.67. The van der Waals surface area contributed by atoms with Gasteiger partial charge in [0, 0.05) is 5.56 Å². The van der Waals surface area contributed by atoms with E-state index in [9.17, 15) is 18.3 Å². The van der Waals surface area contributed by atoms with E-state index in [-0.39, 0.29) is 22.9 Å². The lowest BCUT2D eigenvalue weighted by Gasteiger charge is -2.14. The number of guanidine groups is 1. The third-order valence-electron chi connectivity index (χ3n) is 3.97. The number of fused-ring (bicyclic) bond motifs is 1. The van der Waals surface area contributed by atoms with E-state index in [2.05, 4.69) is 4.99 Å². The van der Waals surface area contributed by atoms with Gasteiger partial charge in [-0.25, -0.2) is 9.79 Å². The summed E-state index contributed by atoms with van der Waals surface area (Å²) < 4.78 is 25.9. The number of nitrogens with zero attached hydrogens (tertiary/aromatic N) is 1. The van der Waals surface area contributed by atoms with Crippen molar-refractivity contribution in [3.8, 4) is 11.1 Å². The van der Waals surface area contributed by atoms with Crippen molar-refractivity contribution < 1.29 is 22.9 Å².